The number of sulfone groups is 1. The first-order valence-corrected chi connectivity index (χ1v) is 9.99. The number of benzene rings is 1. The summed E-state index contributed by atoms with van der Waals surface area (Å²) in [6, 6.07) is 8.05. The minimum absolute atomic E-state index is 0.0475. The molecule has 2 aromatic rings. The molecule has 0 saturated carbocycles. The Kier molecular flexibility index (Phi) is 6.59. The van der Waals surface area contributed by atoms with Crippen LogP contribution < -0.4 is 10.6 Å². The van der Waals surface area contributed by atoms with Gasteiger partial charge >= 0.3 is 6.18 Å². The number of aliphatic imine (C=N–C) groups is 1. The Hall–Kier alpha value is -2.14. The Balaban J connectivity index is 1.84. The van der Waals surface area contributed by atoms with Crippen molar-refractivity contribution in [1.82, 2.24) is 15.6 Å². The van der Waals surface area contributed by atoms with Crippen LogP contribution in [-0.2, 0) is 22.6 Å². The zero-order valence-electron chi connectivity index (χ0n) is 13.7. The van der Waals surface area contributed by atoms with E-state index in [-0.39, 0.29) is 34.7 Å². The quantitative estimate of drug-likeness (QED) is 0.568. The number of halogens is 3. The molecule has 0 amide bonds. The average Bonchev–Trinajstić information content (AvgIpc) is 3.08. The number of aromatic nitrogens is 1. The van der Waals surface area contributed by atoms with E-state index in [0.29, 0.717) is 0 Å². The lowest BCUT2D eigenvalue weighted by Gasteiger charge is -2.11. The van der Waals surface area contributed by atoms with Gasteiger partial charge in [0.15, 0.2) is 21.5 Å². The van der Waals surface area contributed by atoms with Gasteiger partial charge in [-0.2, -0.15) is 13.2 Å². The predicted octanol–water partition coefficient (Wildman–Crippen LogP) is 2.30. The Morgan fingerprint density at radius 3 is 2.50 bits per heavy atom. The highest BCUT2D eigenvalue weighted by molar-refractivity contribution is 7.91. The van der Waals surface area contributed by atoms with Crippen LogP contribution in [0.4, 0.5) is 13.2 Å². The fourth-order valence-corrected chi connectivity index (χ4v) is 3.87. The van der Waals surface area contributed by atoms with Crippen molar-refractivity contribution in [3.05, 3.63) is 46.4 Å². The van der Waals surface area contributed by atoms with Gasteiger partial charge < -0.3 is 10.6 Å². The van der Waals surface area contributed by atoms with Gasteiger partial charge in [-0.25, -0.2) is 13.4 Å². The van der Waals surface area contributed by atoms with E-state index in [1.54, 1.807) is 18.2 Å². The van der Waals surface area contributed by atoms with Crippen molar-refractivity contribution in [1.29, 1.82) is 0 Å². The molecule has 0 radical (unpaired) electrons. The Bertz CT molecular complexity index is 849. The largest absolute Gasteiger partial charge is 0.434 e. The minimum Gasteiger partial charge on any atom is -0.355 e. The van der Waals surface area contributed by atoms with Gasteiger partial charge in [0.05, 0.1) is 17.2 Å². The van der Waals surface area contributed by atoms with Crippen molar-refractivity contribution >= 4 is 27.1 Å². The maximum Gasteiger partial charge on any atom is 0.434 e. The molecule has 0 fully saturated rings. The number of nitrogens with zero attached hydrogens (tertiary/aromatic N) is 2. The molecule has 2 N–H and O–H groups in total. The molecule has 142 valence electrons. The van der Waals surface area contributed by atoms with Crippen LogP contribution in [0.15, 0.2) is 45.6 Å². The van der Waals surface area contributed by atoms with Crippen LogP contribution in [0, 0.1) is 0 Å². The second-order valence-electron chi connectivity index (χ2n) is 5.11. The topological polar surface area (TPSA) is 83.5 Å². The average molecular weight is 406 g/mol. The van der Waals surface area contributed by atoms with E-state index in [1.165, 1.54) is 19.2 Å². The van der Waals surface area contributed by atoms with E-state index in [2.05, 4.69) is 20.6 Å². The molecule has 1 heterocycles. The van der Waals surface area contributed by atoms with E-state index >= 15 is 0 Å². The van der Waals surface area contributed by atoms with Crippen LogP contribution >= 0.6 is 11.3 Å². The molecule has 0 unspecified atom stereocenters. The Labute approximate surface area is 153 Å². The van der Waals surface area contributed by atoms with E-state index in [4.69, 9.17) is 0 Å². The first kappa shape index (κ1) is 20.2. The Morgan fingerprint density at radius 2 is 1.92 bits per heavy atom. The third-order valence-electron chi connectivity index (χ3n) is 3.24. The van der Waals surface area contributed by atoms with Gasteiger partial charge in [-0.3, -0.25) is 4.99 Å². The standard InChI is InChI=1S/C15H17F3N4O2S2/c1-19-14(21-9-13-22-12(10-25-13)15(16,17)18)20-7-8-26(23,24)11-5-3-2-4-6-11/h2-6,10H,7-9H2,1H3,(H2,19,20,21). The van der Waals surface area contributed by atoms with Crippen molar-refractivity contribution in [2.45, 2.75) is 17.6 Å². The number of alkyl halides is 3. The fourth-order valence-electron chi connectivity index (χ4n) is 1.95. The highest BCUT2D eigenvalue weighted by Crippen LogP contribution is 2.29. The second kappa shape index (κ2) is 8.49. The van der Waals surface area contributed by atoms with E-state index in [9.17, 15) is 21.6 Å². The van der Waals surface area contributed by atoms with Gasteiger partial charge in [-0.1, -0.05) is 18.2 Å². The summed E-state index contributed by atoms with van der Waals surface area (Å²) < 4.78 is 61.9. The molecule has 6 nitrogen and oxygen atoms in total. The molecule has 1 aromatic carbocycles. The van der Waals surface area contributed by atoms with Crippen molar-refractivity contribution in [3.8, 4) is 0 Å². The number of rotatable bonds is 6. The van der Waals surface area contributed by atoms with Gasteiger partial charge in [-0.05, 0) is 12.1 Å². The zero-order valence-corrected chi connectivity index (χ0v) is 15.4. The summed E-state index contributed by atoms with van der Waals surface area (Å²) in [5.41, 5.74) is -0.934. The van der Waals surface area contributed by atoms with Gasteiger partial charge in [0, 0.05) is 19.0 Å². The summed E-state index contributed by atoms with van der Waals surface area (Å²) >= 11 is 0.882. The summed E-state index contributed by atoms with van der Waals surface area (Å²) in [5.74, 6) is 0.129. The maximum atomic E-state index is 12.5. The summed E-state index contributed by atoms with van der Waals surface area (Å²) in [6.07, 6.45) is -4.47. The molecule has 0 aliphatic heterocycles. The SMILES string of the molecule is CN=C(NCCS(=O)(=O)c1ccccc1)NCc1nc(C(F)(F)F)cs1. The lowest BCUT2D eigenvalue weighted by atomic mass is 10.4. The van der Waals surface area contributed by atoms with E-state index < -0.39 is 21.7 Å². The summed E-state index contributed by atoms with van der Waals surface area (Å²) in [6.45, 7) is 0.147. The number of guanidine groups is 1. The molecule has 0 spiro atoms. The fraction of sp³-hybridized carbons (Fsp3) is 0.333. The monoisotopic (exact) mass is 406 g/mol. The van der Waals surface area contributed by atoms with Crippen LogP contribution in [-0.4, -0.2) is 38.7 Å². The first-order chi connectivity index (χ1) is 12.2. The van der Waals surface area contributed by atoms with Crippen molar-refractivity contribution < 1.29 is 21.6 Å². The maximum absolute atomic E-state index is 12.5. The zero-order chi connectivity index (χ0) is 19.2. The highest BCUT2D eigenvalue weighted by atomic mass is 32.2. The van der Waals surface area contributed by atoms with Crippen LogP contribution in [0.5, 0.6) is 0 Å². The van der Waals surface area contributed by atoms with Gasteiger partial charge in [0.25, 0.3) is 0 Å². The van der Waals surface area contributed by atoms with Gasteiger partial charge in [0.2, 0.25) is 0 Å². The second-order valence-corrected chi connectivity index (χ2v) is 8.16. The minimum atomic E-state index is -4.47. The molecule has 0 atom stereocenters. The molecular weight excluding hydrogens is 389 g/mol. The molecule has 1 aromatic heterocycles. The molecule has 11 heteroatoms. The molecule has 0 saturated heterocycles. The molecule has 2 rings (SSSR count). The Morgan fingerprint density at radius 1 is 1.23 bits per heavy atom. The van der Waals surface area contributed by atoms with E-state index in [1.807, 2.05) is 0 Å². The number of hydrogen-bond donors (Lipinski definition) is 2. The highest BCUT2D eigenvalue weighted by Gasteiger charge is 2.33. The first-order valence-electron chi connectivity index (χ1n) is 7.46. The number of nitrogens with one attached hydrogen (secondary N) is 2. The van der Waals surface area contributed by atoms with Gasteiger partial charge in [0.1, 0.15) is 5.01 Å². The van der Waals surface area contributed by atoms with E-state index in [0.717, 1.165) is 16.7 Å². The van der Waals surface area contributed by atoms with Crippen molar-refractivity contribution in [2.75, 3.05) is 19.3 Å². The number of hydrogen-bond acceptors (Lipinski definition) is 5. The summed E-state index contributed by atoms with van der Waals surface area (Å²) in [4.78, 5) is 7.63. The van der Waals surface area contributed by atoms with Crippen LogP contribution in [0.25, 0.3) is 0 Å². The lowest BCUT2D eigenvalue weighted by Crippen LogP contribution is -2.39. The third kappa shape index (κ3) is 5.70. The normalized spacial score (nSPS) is 12.8. The molecular formula is C15H17F3N4O2S2. The van der Waals surface area contributed by atoms with Crippen LogP contribution in [0.2, 0.25) is 0 Å². The lowest BCUT2D eigenvalue weighted by molar-refractivity contribution is -0.140. The molecule has 0 bridgehead atoms. The summed E-state index contributed by atoms with van der Waals surface area (Å²) in [7, 11) is -1.95. The van der Waals surface area contributed by atoms with Crippen molar-refractivity contribution in [2.24, 2.45) is 4.99 Å². The van der Waals surface area contributed by atoms with Crippen molar-refractivity contribution in [3.63, 3.8) is 0 Å². The van der Waals surface area contributed by atoms with Crippen LogP contribution in [0.3, 0.4) is 0 Å². The number of thiazole rings is 1. The smallest absolute Gasteiger partial charge is 0.355 e. The van der Waals surface area contributed by atoms with Gasteiger partial charge in [-0.15, -0.1) is 11.3 Å². The van der Waals surface area contributed by atoms with Crippen LogP contribution in [0.1, 0.15) is 10.7 Å². The molecule has 26 heavy (non-hydrogen) atoms. The third-order valence-corrected chi connectivity index (χ3v) is 5.82. The molecule has 0 aliphatic carbocycles. The molecule has 0 aliphatic rings. The summed E-state index contributed by atoms with van der Waals surface area (Å²) in [5, 5.41) is 6.81. The predicted molar refractivity (Wildman–Crippen MR) is 93.8 cm³/mol.